The topological polar surface area (TPSA) is 89.9 Å². The van der Waals surface area contributed by atoms with Gasteiger partial charge in [0.1, 0.15) is 6.17 Å². The van der Waals surface area contributed by atoms with Crippen LogP contribution in [0.2, 0.25) is 0 Å². The lowest BCUT2D eigenvalue weighted by atomic mass is 9.44. The normalized spacial score (nSPS) is 46.1. The fourth-order valence-corrected chi connectivity index (χ4v) is 9.05. The van der Waals surface area contributed by atoms with Crippen molar-refractivity contribution < 1.29 is 42.1 Å². The molecule has 0 aromatic heterocycles. The summed E-state index contributed by atoms with van der Waals surface area (Å²) in [5.41, 5.74) is -7.20. The molecule has 0 saturated heterocycles. The first kappa shape index (κ1) is 27.4. The zero-order chi connectivity index (χ0) is 27.7. The van der Waals surface area contributed by atoms with Gasteiger partial charge in [0.05, 0.1) is 6.10 Å². The van der Waals surface area contributed by atoms with Crippen molar-refractivity contribution in [1.82, 2.24) is 0 Å². The highest BCUT2D eigenvalue weighted by atomic mass is 19.1. The van der Waals surface area contributed by atoms with Gasteiger partial charge in [0, 0.05) is 29.1 Å². The third-order valence-electron chi connectivity index (χ3n) is 10.9. The first-order valence-electron chi connectivity index (χ1n) is 13.8. The predicted octanol–water partition coefficient (Wildman–Crippen LogP) is 4.88. The van der Waals surface area contributed by atoms with Gasteiger partial charge in [0.15, 0.2) is 11.5 Å². The smallest absolute Gasteiger partial charge is 0.353 e. The van der Waals surface area contributed by atoms with Crippen LogP contribution in [-0.2, 0) is 23.9 Å². The van der Waals surface area contributed by atoms with E-state index in [-0.39, 0.29) is 37.2 Å². The van der Waals surface area contributed by atoms with Crippen molar-refractivity contribution >= 4 is 17.7 Å². The lowest BCUT2D eigenvalue weighted by Gasteiger charge is -2.63. The molecule has 0 radical (unpaired) electrons. The molecule has 38 heavy (non-hydrogen) atoms. The minimum absolute atomic E-state index is 0.00328. The van der Waals surface area contributed by atoms with Crippen molar-refractivity contribution in [2.24, 2.45) is 34.5 Å². The van der Waals surface area contributed by atoms with Gasteiger partial charge in [-0.1, -0.05) is 32.8 Å². The van der Waals surface area contributed by atoms with Gasteiger partial charge in [0.2, 0.25) is 12.5 Å². The van der Waals surface area contributed by atoms with E-state index in [0.29, 0.717) is 0 Å². The van der Waals surface area contributed by atoms with Crippen molar-refractivity contribution in [2.45, 2.75) is 95.7 Å². The van der Waals surface area contributed by atoms with Crippen LogP contribution in [0.15, 0.2) is 23.8 Å². The minimum atomic E-state index is -2.34. The van der Waals surface area contributed by atoms with Gasteiger partial charge < -0.3 is 14.6 Å². The van der Waals surface area contributed by atoms with Crippen LogP contribution in [0.5, 0.6) is 0 Å². The van der Waals surface area contributed by atoms with E-state index >= 15 is 8.78 Å². The third-order valence-corrected chi connectivity index (χ3v) is 10.9. The van der Waals surface area contributed by atoms with Gasteiger partial charge in [-0.25, -0.2) is 18.0 Å². The monoisotopic (exact) mass is 538 g/mol. The Morgan fingerprint density at radius 2 is 1.84 bits per heavy atom. The molecule has 4 saturated carbocycles. The Labute approximate surface area is 221 Å². The van der Waals surface area contributed by atoms with Crippen molar-refractivity contribution in [3.63, 3.8) is 0 Å². The molecule has 5 rings (SSSR count). The predicted molar refractivity (Wildman–Crippen MR) is 131 cm³/mol. The largest absolute Gasteiger partial charge is 0.446 e. The van der Waals surface area contributed by atoms with E-state index in [9.17, 15) is 23.9 Å². The van der Waals surface area contributed by atoms with Crippen LogP contribution in [0.25, 0.3) is 0 Å². The van der Waals surface area contributed by atoms with Crippen LogP contribution in [0.3, 0.4) is 0 Å². The van der Waals surface area contributed by atoms with Gasteiger partial charge in [0.25, 0.3) is 0 Å². The van der Waals surface area contributed by atoms with Crippen molar-refractivity contribution in [1.29, 1.82) is 0 Å². The number of fused-ring (bicyclic) bond motifs is 5. The summed E-state index contributed by atoms with van der Waals surface area (Å²) in [5, 5.41) is 11.5. The number of allylic oxidation sites excluding steroid dienone is 4. The third kappa shape index (κ3) is 3.52. The number of ketones is 1. The Morgan fingerprint density at radius 1 is 1.16 bits per heavy atom. The first-order chi connectivity index (χ1) is 17.8. The molecule has 0 spiro atoms. The maximum Gasteiger partial charge on any atom is 0.353 e. The number of carbonyl (C=O) groups is 3. The molecular weight excluding hydrogens is 501 g/mol. The number of esters is 2. The molecule has 9 heteroatoms. The molecule has 0 aromatic carbocycles. The quantitative estimate of drug-likeness (QED) is 0.502. The maximum absolute atomic E-state index is 17.4. The highest BCUT2D eigenvalue weighted by molar-refractivity contribution is 6.01. The maximum atomic E-state index is 17.4. The number of aliphatic hydroxyl groups is 1. The SMILES string of the molecule is CC1C[C@H]2[C@@H]3C[C@H](F)C4=CC(=O)C=C[C@]4(C)[C@@]3(F)[C@@H](O)C[C@]2(C)[C@@]1(OC(=O)CC1CCCC1)C(=O)OCF. The molecule has 4 fully saturated rings. The van der Waals surface area contributed by atoms with Gasteiger partial charge in [-0.3, -0.25) is 9.59 Å². The molecule has 9 atom stereocenters. The Morgan fingerprint density at radius 3 is 2.50 bits per heavy atom. The number of rotatable bonds is 5. The number of hydrogen-bond donors (Lipinski definition) is 1. The van der Waals surface area contributed by atoms with Gasteiger partial charge in [-0.05, 0) is 68.6 Å². The Bertz CT molecular complexity index is 1080. The van der Waals surface area contributed by atoms with Crippen molar-refractivity contribution in [3.8, 4) is 0 Å². The molecule has 5 aliphatic rings. The zero-order valence-corrected chi connectivity index (χ0v) is 22.2. The Balaban J connectivity index is 1.57. The minimum Gasteiger partial charge on any atom is -0.446 e. The zero-order valence-electron chi connectivity index (χ0n) is 22.2. The average molecular weight is 539 g/mol. The van der Waals surface area contributed by atoms with Gasteiger partial charge >= 0.3 is 11.9 Å². The summed E-state index contributed by atoms with van der Waals surface area (Å²) in [6.07, 6.45) is 3.84. The molecule has 1 N–H and O–H groups in total. The highest BCUT2D eigenvalue weighted by Crippen LogP contribution is 2.71. The van der Waals surface area contributed by atoms with Crippen molar-refractivity contribution in [3.05, 3.63) is 23.8 Å². The van der Waals surface area contributed by atoms with Crippen LogP contribution in [-0.4, -0.2) is 53.2 Å². The fourth-order valence-electron chi connectivity index (χ4n) is 9.05. The van der Waals surface area contributed by atoms with E-state index in [0.717, 1.165) is 31.8 Å². The van der Waals surface area contributed by atoms with E-state index in [4.69, 9.17) is 9.47 Å². The first-order valence-corrected chi connectivity index (χ1v) is 13.8. The lowest BCUT2D eigenvalue weighted by molar-refractivity contribution is -0.240. The summed E-state index contributed by atoms with van der Waals surface area (Å²) in [7, 11) is 0. The molecule has 210 valence electrons. The Hall–Kier alpha value is -2.16. The van der Waals surface area contributed by atoms with E-state index in [1.165, 1.54) is 19.1 Å². The molecule has 0 aliphatic heterocycles. The van der Waals surface area contributed by atoms with Crippen LogP contribution in [0.1, 0.15) is 72.1 Å². The van der Waals surface area contributed by atoms with E-state index in [1.54, 1.807) is 13.8 Å². The number of ether oxygens (including phenoxy) is 2. The molecule has 5 aliphatic carbocycles. The second-order valence-corrected chi connectivity index (χ2v) is 12.6. The number of aliphatic hydroxyl groups excluding tert-OH is 1. The van der Waals surface area contributed by atoms with Crippen LogP contribution < -0.4 is 0 Å². The average Bonchev–Trinajstić information content (AvgIpc) is 3.43. The van der Waals surface area contributed by atoms with Gasteiger partial charge in [-0.15, -0.1) is 0 Å². The van der Waals surface area contributed by atoms with E-state index in [1.807, 2.05) is 0 Å². The highest BCUT2D eigenvalue weighted by Gasteiger charge is 2.78. The summed E-state index contributed by atoms with van der Waals surface area (Å²) in [6, 6.07) is 0. The summed E-state index contributed by atoms with van der Waals surface area (Å²) < 4.78 is 57.3. The molecule has 0 amide bonds. The van der Waals surface area contributed by atoms with Crippen LogP contribution >= 0.6 is 0 Å². The molecule has 0 bridgehead atoms. The standard InChI is InChI=1S/C29H37F3O6/c1-16-10-19-20-13-22(31)21-12-18(33)8-9-26(21,2)28(20,32)23(34)14-27(19,3)29(16,25(36)37-15-30)38-24(35)11-17-6-4-5-7-17/h8-9,12,16-17,19-20,22-23,34H,4-7,10-11,13-15H2,1-3H3/t16?,19-,20-,22-,23-,26-,27-,28-,29-/m0/s1. The summed E-state index contributed by atoms with van der Waals surface area (Å²) in [6.45, 7) is 3.40. The molecule has 0 aromatic rings. The van der Waals surface area contributed by atoms with Gasteiger partial charge in [-0.2, -0.15) is 0 Å². The van der Waals surface area contributed by atoms with Crippen LogP contribution in [0, 0.1) is 34.5 Å². The number of alkyl halides is 3. The second kappa shape index (κ2) is 9.20. The molecule has 6 nitrogen and oxygen atoms in total. The molecule has 1 unspecified atom stereocenters. The number of halogens is 3. The summed E-state index contributed by atoms with van der Waals surface area (Å²) in [4.78, 5) is 38.7. The number of hydrogen-bond acceptors (Lipinski definition) is 6. The van der Waals surface area contributed by atoms with E-state index in [2.05, 4.69) is 0 Å². The fraction of sp³-hybridized carbons (Fsp3) is 0.759. The Kier molecular flexibility index (Phi) is 6.64. The summed E-state index contributed by atoms with van der Waals surface area (Å²) in [5.74, 6) is -4.39. The molecule has 0 heterocycles. The lowest BCUT2D eigenvalue weighted by Crippen LogP contribution is -2.71. The second-order valence-electron chi connectivity index (χ2n) is 12.6. The summed E-state index contributed by atoms with van der Waals surface area (Å²) >= 11 is 0. The van der Waals surface area contributed by atoms with Crippen molar-refractivity contribution in [2.75, 3.05) is 6.86 Å². The van der Waals surface area contributed by atoms with E-state index < -0.39 is 76.7 Å². The van der Waals surface area contributed by atoms with Crippen LogP contribution in [0.4, 0.5) is 13.2 Å². The number of carbonyl (C=O) groups excluding carboxylic acids is 3. The molecular formula is C29H37F3O6.